The van der Waals surface area contributed by atoms with Crippen LogP contribution >= 0.6 is 11.6 Å². The predicted molar refractivity (Wildman–Crippen MR) is 46.6 cm³/mol. The molecule has 70 valence electrons. The van der Waals surface area contributed by atoms with Crippen molar-refractivity contribution in [3.8, 4) is 11.6 Å². The van der Waals surface area contributed by atoms with Gasteiger partial charge in [0.25, 0.3) is 0 Å². The third kappa shape index (κ3) is 2.76. The van der Waals surface area contributed by atoms with Crippen molar-refractivity contribution in [2.75, 3.05) is 7.11 Å². The molecule has 0 aliphatic heterocycles. The smallest absolute Gasteiger partial charge is 0.509 e. The van der Waals surface area contributed by atoms with Gasteiger partial charge in [-0.25, -0.2) is 0 Å². The number of pyridine rings is 1. The molecule has 1 aromatic heterocycles. The standard InChI is InChI=1S/C6H7BClNO4/c1-12-5-3-2-4(6(8)9-5)13-7(10)11/h2-3,10-11H,1H3. The van der Waals surface area contributed by atoms with Gasteiger partial charge in [0.1, 0.15) is 5.75 Å². The molecule has 0 aliphatic rings. The Morgan fingerprint density at radius 3 is 2.62 bits per heavy atom. The summed E-state index contributed by atoms with van der Waals surface area (Å²) >= 11 is 5.61. The van der Waals surface area contributed by atoms with Crippen molar-refractivity contribution in [3.05, 3.63) is 17.3 Å². The monoisotopic (exact) mass is 203 g/mol. The van der Waals surface area contributed by atoms with Gasteiger partial charge < -0.3 is 19.4 Å². The maximum Gasteiger partial charge on any atom is 0.707 e. The van der Waals surface area contributed by atoms with Gasteiger partial charge in [-0.3, -0.25) is 0 Å². The molecule has 1 rings (SSSR count). The van der Waals surface area contributed by atoms with E-state index in [-0.39, 0.29) is 10.9 Å². The normalized spacial score (nSPS) is 9.54. The van der Waals surface area contributed by atoms with Gasteiger partial charge in [0.15, 0.2) is 5.15 Å². The molecule has 0 fully saturated rings. The Morgan fingerprint density at radius 2 is 2.15 bits per heavy atom. The number of halogens is 1. The molecule has 1 aromatic rings. The number of hydrogen-bond acceptors (Lipinski definition) is 5. The van der Waals surface area contributed by atoms with Gasteiger partial charge in [-0.1, -0.05) is 11.6 Å². The fourth-order valence-corrected chi connectivity index (χ4v) is 0.911. The van der Waals surface area contributed by atoms with Crippen molar-refractivity contribution >= 4 is 18.9 Å². The quantitative estimate of drug-likeness (QED) is 0.538. The number of rotatable bonds is 3. The number of hydrogen-bond donors (Lipinski definition) is 2. The zero-order valence-corrected chi connectivity index (χ0v) is 7.52. The lowest BCUT2D eigenvalue weighted by molar-refractivity contribution is 0.287. The van der Waals surface area contributed by atoms with Crippen LogP contribution in [0.2, 0.25) is 5.15 Å². The zero-order valence-electron chi connectivity index (χ0n) is 6.77. The molecule has 7 heteroatoms. The molecule has 0 atom stereocenters. The fraction of sp³-hybridized carbons (Fsp3) is 0.167. The fourth-order valence-electron chi connectivity index (χ4n) is 0.720. The summed E-state index contributed by atoms with van der Waals surface area (Å²) in [7, 11) is -0.465. The van der Waals surface area contributed by atoms with E-state index in [1.54, 1.807) is 0 Å². The molecule has 5 nitrogen and oxygen atoms in total. The second-order valence-corrected chi connectivity index (χ2v) is 2.44. The van der Waals surface area contributed by atoms with Gasteiger partial charge in [-0.05, 0) is 6.07 Å². The highest BCUT2D eigenvalue weighted by Crippen LogP contribution is 2.24. The highest BCUT2D eigenvalue weighted by atomic mass is 35.5. The Kier molecular flexibility index (Phi) is 3.35. The maximum absolute atomic E-state index is 8.47. The van der Waals surface area contributed by atoms with Gasteiger partial charge in [0.05, 0.1) is 7.11 Å². The first-order chi connectivity index (χ1) is 6.13. The second kappa shape index (κ2) is 4.31. The molecule has 0 radical (unpaired) electrons. The van der Waals surface area contributed by atoms with Crippen LogP contribution in [-0.2, 0) is 0 Å². The van der Waals surface area contributed by atoms with Crippen molar-refractivity contribution in [1.82, 2.24) is 4.98 Å². The minimum atomic E-state index is -1.91. The highest BCUT2D eigenvalue weighted by molar-refractivity contribution is 6.35. The summed E-state index contributed by atoms with van der Waals surface area (Å²) in [6.07, 6.45) is 0. The van der Waals surface area contributed by atoms with Crippen LogP contribution < -0.4 is 9.39 Å². The summed E-state index contributed by atoms with van der Waals surface area (Å²) in [6, 6.07) is 2.91. The van der Waals surface area contributed by atoms with Gasteiger partial charge in [0, 0.05) is 6.07 Å². The number of nitrogens with zero attached hydrogens (tertiary/aromatic N) is 1. The summed E-state index contributed by atoms with van der Waals surface area (Å²) in [5, 5.41) is 17.0. The summed E-state index contributed by atoms with van der Waals surface area (Å²) in [4.78, 5) is 3.74. The molecular formula is C6H7BClNO4. The van der Waals surface area contributed by atoms with Crippen LogP contribution in [0.5, 0.6) is 11.6 Å². The van der Waals surface area contributed by atoms with Gasteiger partial charge >= 0.3 is 7.32 Å². The first kappa shape index (κ1) is 10.1. The summed E-state index contributed by atoms with van der Waals surface area (Å²) in [5.74, 6) is 0.405. The third-order valence-electron chi connectivity index (χ3n) is 1.23. The zero-order chi connectivity index (χ0) is 9.84. The minimum Gasteiger partial charge on any atom is -0.509 e. The molecule has 0 bridgehead atoms. The van der Waals surface area contributed by atoms with Crippen LogP contribution in [0.1, 0.15) is 0 Å². The molecule has 0 saturated carbocycles. The van der Waals surface area contributed by atoms with Crippen LogP contribution in [0.4, 0.5) is 0 Å². The van der Waals surface area contributed by atoms with E-state index in [9.17, 15) is 0 Å². The SMILES string of the molecule is COc1ccc(OB(O)O)c(Cl)n1. The van der Waals surface area contributed by atoms with E-state index in [0.29, 0.717) is 5.88 Å². The van der Waals surface area contributed by atoms with E-state index in [4.69, 9.17) is 26.4 Å². The largest absolute Gasteiger partial charge is 0.707 e. The Balaban J connectivity index is 2.85. The molecule has 0 amide bonds. The van der Waals surface area contributed by atoms with Crippen LogP contribution in [0.25, 0.3) is 0 Å². The van der Waals surface area contributed by atoms with Crippen molar-refractivity contribution in [1.29, 1.82) is 0 Å². The van der Waals surface area contributed by atoms with E-state index < -0.39 is 7.32 Å². The number of methoxy groups -OCH3 is 1. The molecule has 0 aliphatic carbocycles. The van der Waals surface area contributed by atoms with Crippen molar-refractivity contribution < 1.29 is 19.4 Å². The van der Waals surface area contributed by atoms with Gasteiger partial charge in [0.2, 0.25) is 5.88 Å². The van der Waals surface area contributed by atoms with Crippen molar-refractivity contribution in [2.24, 2.45) is 0 Å². The van der Waals surface area contributed by atoms with Crippen LogP contribution in [0.15, 0.2) is 12.1 Å². The lowest BCUT2D eigenvalue weighted by atomic mass is 10.2. The molecule has 0 unspecified atom stereocenters. The Morgan fingerprint density at radius 1 is 1.46 bits per heavy atom. The van der Waals surface area contributed by atoms with Crippen LogP contribution in [0.3, 0.4) is 0 Å². The van der Waals surface area contributed by atoms with E-state index in [1.165, 1.54) is 19.2 Å². The Labute approximate surface area is 80.1 Å². The lowest BCUT2D eigenvalue weighted by Crippen LogP contribution is -2.20. The second-order valence-electron chi connectivity index (χ2n) is 2.09. The third-order valence-corrected chi connectivity index (χ3v) is 1.50. The maximum atomic E-state index is 8.47. The topological polar surface area (TPSA) is 71.8 Å². The Hall–Kier alpha value is -0.975. The van der Waals surface area contributed by atoms with E-state index in [1.807, 2.05) is 0 Å². The number of ether oxygens (including phenoxy) is 1. The summed E-state index contributed by atoms with van der Waals surface area (Å²) in [6.45, 7) is 0. The average Bonchev–Trinajstić information content (AvgIpc) is 2.08. The molecule has 13 heavy (non-hydrogen) atoms. The first-order valence-electron chi connectivity index (χ1n) is 3.37. The van der Waals surface area contributed by atoms with E-state index in [2.05, 4.69) is 9.64 Å². The molecule has 0 saturated heterocycles. The van der Waals surface area contributed by atoms with Crippen LogP contribution in [0, 0.1) is 0 Å². The molecule has 2 N–H and O–H groups in total. The van der Waals surface area contributed by atoms with E-state index in [0.717, 1.165) is 0 Å². The predicted octanol–water partition coefficient (Wildman–Crippen LogP) is 0.0919. The molecule has 0 aromatic carbocycles. The molecule has 1 heterocycles. The van der Waals surface area contributed by atoms with E-state index >= 15 is 0 Å². The van der Waals surface area contributed by atoms with Crippen molar-refractivity contribution in [3.63, 3.8) is 0 Å². The molecule has 0 spiro atoms. The van der Waals surface area contributed by atoms with Crippen molar-refractivity contribution in [2.45, 2.75) is 0 Å². The lowest BCUT2D eigenvalue weighted by Gasteiger charge is -2.06. The van der Waals surface area contributed by atoms with Crippen LogP contribution in [-0.4, -0.2) is 29.5 Å². The average molecular weight is 203 g/mol. The minimum absolute atomic E-state index is 0.00690. The van der Waals surface area contributed by atoms with Gasteiger partial charge in [-0.2, -0.15) is 4.98 Å². The number of aromatic nitrogens is 1. The summed E-state index contributed by atoms with van der Waals surface area (Å²) in [5.41, 5.74) is 0. The Bertz CT molecular complexity index is 296. The first-order valence-corrected chi connectivity index (χ1v) is 3.74. The van der Waals surface area contributed by atoms with Gasteiger partial charge in [-0.15, -0.1) is 0 Å². The highest BCUT2D eigenvalue weighted by Gasteiger charge is 2.14. The molecular weight excluding hydrogens is 196 g/mol. The summed E-state index contributed by atoms with van der Waals surface area (Å²) < 4.78 is 9.28.